The molecule has 0 aliphatic heterocycles. The molecule has 0 aliphatic rings. The van der Waals surface area contributed by atoms with Crippen LogP contribution in [0.1, 0.15) is 13.8 Å². The molecule has 0 aromatic heterocycles. The number of benzene rings is 1. The Kier molecular flexibility index (Phi) is 5.25. The minimum Gasteiger partial charge on any atom is -0.327 e. The zero-order chi connectivity index (χ0) is 12.3. The van der Waals surface area contributed by atoms with Crippen molar-refractivity contribution in [1.29, 1.82) is 0 Å². The van der Waals surface area contributed by atoms with Crippen LogP contribution in [0.4, 0.5) is 0 Å². The second-order valence-corrected chi connectivity index (χ2v) is 6.31. The molecule has 0 aliphatic carbocycles. The molecular formula is C11H15Cl2NOS. The Bertz CT molecular complexity index is 396. The smallest absolute Gasteiger partial charge is 0.0604 e. The molecular weight excluding hydrogens is 265 g/mol. The average Bonchev–Trinajstić information content (AvgIpc) is 2.21. The van der Waals surface area contributed by atoms with Crippen LogP contribution in [0.25, 0.3) is 0 Å². The summed E-state index contributed by atoms with van der Waals surface area (Å²) in [5.41, 5.74) is 5.87. The summed E-state index contributed by atoms with van der Waals surface area (Å²) in [7, 11) is -1.12. The lowest BCUT2D eigenvalue weighted by Crippen LogP contribution is -2.32. The lowest BCUT2D eigenvalue weighted by molar-refractivity contribution is 0.530. The molecule has 1 rings (SSSR count). The summed E-state index contributed by atoms with van der Waals surface area (Å²) in [4.78, 5) is 0.672. The summed E-state index contributed by atoms with van der Waals surface area (Å²) < 4.78 is 12.0. The van der Waals surface area contributed by atoms with Gasteiger partial charge in [0.15, 0.2) is 0 Å². The third kappa shape index (κ3) is 3.74. The van der Waals surface area contributed by atoms with E-state index in [0.717, 1.165) is 0 Å². The van der Waals surface area contributed by atoms with E-state index in [1.807, 2.05) is 13.8 Å². The van der Waals surface area contributed by atoms with Crippen LogP contribution >= 0.6 is 23.2 Å². The highest BCUT2D eigenvalue weighted by atomic mass is 35.5. The predicted molar refractivity (Wildman–Crippen MR) is 70.6 cm³/mol. The van der Waals surface area contributed by atoms with Crippen molar-refractivity contribution in [2.45, 2.75) is 24.8 Å². The summed E-state index contributed by atoms with van der Waals surface area (Å²) >= 11 is 11.6. The normalized spacial score (nSPS) is 15.1. The molecule has 0 fully saturated rings. The molecule has 0 saturated carbocycles. The third-order valence-corrected chi connectivity index (χ3v) is 4.56. The molecule has 0 bridgehead atoms. The van der Waals surface area contributed by atoms with Crippen molar-refractivity contribution in [1.82, 2.24) is 0 Å². The van der Waals surface area contributed by atoms with Gasteiger partial charge in [-0.15, -0.1) is 0 Å². The van der Waals surface area contributed by atoms with E-state index >= 15 is 0 Å². The molecule has 1 aromatic carbocycles. The van der Waals surface area contributed by atoms with Crippen LogP contribution in [0.2, 0.25) is 10.0 Å². The first-order valence-corrected chi connectivity index (χ1v) is 7.08. The molecule has 5 heteroatoms. The summed E-state index contributed by atoms with van der Waals surface area (Å²) in [6.07, 6.45) is 0. The van der Waals surface area contributed by atoms with Gasteiger partial charge in [0, 0.05) is 16.7 Å². The quantitative estimate of drug-likeness (QED) is 0.921. The highest BCUT2D eigenvalue weighted by molar-refractivity contribution is 7.85. The first-order valence-electron chi connectivity index (χ1n) is 5.01. The second-order valence-electron chi connectivity index (χ2n) is 4.00. The van der Waals surface area contributed by atoms with Gasteiger partial charge in [0.1, 0.15) is 0 Å². The minimum atomic E-state index is -1.12. The number of nitrogens with two attached hydrogens (primary N) is 1. The Morgan fingerprint density at radius 2 is 1.94 bits per heavy atom. The lowest BCUT2D eigenvalue weighted by atomic mass is 10.1. The molecule has 0 radical (unpaired) electrons. The van der Waals surface area contributed by atoms with Crippen molar-refractivity contribution in [3.63, 3.8) is 0 Å². The van der Waals surface area contributed by atoms with E-state index < -0.39 is 10.8 Å². The van der Waals surface area contributed by atoms with E-state index in [1.165, 1.54) is 0 Å². The number of halogens is 2. The summed E-state index contributed by atoms with van der Waals surface area (Å²) in [5.74, 6) is 0.752. The average molecular weight is 280 g/mol. The Balaban J connectivity index is 2.77. The molecule has 16 heavy (non-hydrogen) atoms. The van der Waals surface area contributed by atoms with E-state index in [9.17, 15) is 4.21 Å². The van der Waals surface area contributed by atoms with Crippen molar-refractivity contribution in [3.05, 3.63) is 28.2 Å². The van der Waals surface area contributed by atoms with Crippen molar-refractivity contribution in [2.24, 2.45) is 11.7 Å². The molecule has 2 nitrogen and oxygen atoms in total. The topological polar surface area (TPSA) is 43.1 Å². The van der Waals surface area contributed by atoms with E-state index in [0.29, 0.717) is 26.6 Å². The van der Waals surface area contributed by atoms with Gasteiger partial charge in [-0.25, -0.2) is 0 Å². The molecule has 2 unspecified atom stereocenters. The number of hydrogen-bond acceptors (Lipinski definition) is 2. The predicted octanol–water partition coefficient (Wildman–Crippen LogP) is 3.08. The highest BCUT2D eigenvalue weighted by Gasteiger charge is 2.14. The van der Waals surface area contributed by atoms with Crippen LogP contribution in [0.5, 0.6) is 0 Å². The Labute approximate surface area is 109 Å². The van der Waals surface area contributed by atoms with Gasteiger partial charge in [0.25, 0.3) is 0 Å². The Morgan fingerprint density at radius 3 is 2.44 bits per heavy atom. The zero-order valence-corrected chi connectivity index (χ0v) is 11.6. The first kappa shape index (κ1) is 14.0. The maximum atomic E-state index is 12.0. The monoisotopic (exact) mass is 279 g/mol. The summed E-state index contributed by atoms with van der Waals surface area (Å²) in [6, 6.07) is 4.93. The van der Waals surface area contributed by atoms with Gasteiger partial charge < -0.3 is 5.73 Å². The lowest BCUT2D eigenvalue weighted by Gasteiger charge is -2.14. The fourth-order valence-electron chi connectivity index (χ4n) is 1.08. The van der Waals surface area contributed by atoms with E-state index in [4.69, 9.17) is 28.9 Å². The minimum absolute atomic E-state index is 0.0738. The summed E-state index contributed by atoms with van der Waals surface area (Å²) in [5, 5.41) is 0.890. The number of rotatable bonds is 4. The van der Waals surface area contributed by atoms with Gasteiger partial charge in [-0.05, 0) is 24.1 Å². The van der Waals surface area contributed by atoms with Gasteiger partial charge in [0.2, 0.25) is 0 Å². The fourth-order valence-corrected chi connectivity index (χ4v) is 2.84. The largest absolute Gasteiger partial charge is 0.327 e. The van der Waals surface area contributed by atoms with Crippen LogP contribution in [-0.4, -0.2) is 16.0 Å². The van der Waals surface area contributed by atoms with Gasteiger partial charge in [-0.3, -0.25) is 4.21 Å². The van der Waals surface area contributed by atoms with Crippen LogP contribution < -0.4 is 5.73 Å². The number of hydrogen-bond donors (Lipinski definition) is 1. The van der Waals surface area contributed by atoms with Crippen LogP contribution in [-0.2, 0) is 10.8 Å². The first-order chi connectivity index (χ1) is 7.41. The third-order valence-electron chi connectivity index (χ3n) is 2.35. The van der Waals surface area contributed by atoms with E-state index in [1.54, 1.807) is 18.2 Å². The van der Waals surface area contributed by atoms with Crippen molar-refractivity contribution < 1.29 is 4.21 Å². The highest BCUT2D eigenvalue weighted by Crippen LogP contribution is 2.24. The van der Waals surface area contributed by atoms with Crippen molar-refractivity contribution >= 4 is 34.0 Å². The van der Waals surface area contributed by atoms with Gasteiger partial charge in [-0.1, -0.05) is 37.0 Å². The molecule has 1 aromatic rings. The SMILES string of the molecule is CC(C)C(N)CS(=O)c1ccc(Cl)c(Cl)c1. The molecule has 0 saturated heterocycles. The standard InChI is InChI=1S/C11H15Cl2NOS/c1-7(2)11(14)6-16(15)8-3-4-9(12)10(13)5-8/h3-5,7,11H,6,14H2,1-2H3. The Hall–Kier alpha value is -0.0900. The zero-order valence-electron chi connectivity index (χ0n) is 9.24. The van der Waals surface area contributed by atoms with Gasteiger partial charge >= 0.3 is 0 Å². The molecule has 0 heterocycles. The molecule has 0 amide bonds. The van der Waals surface area contributed by atoms with Gasteiger partial charge in [0.05, 0.1) is 20.8 Å². The Morgan fingerprint density at radius 1 is 1.31 bits per heavy atom. The van der Waals surface area contributed by atoms with Crippen molar-refractivity contribution in [2.75, 3.05) is 5.75 Å². The molecule has 0 spiro atoms. The second kappa shape index (κ2) is 6.01. The molecule has 90 valence electrons. The fraction of sp³-hybridized carbons (Fsp3) is 0.455. The van der Waals surface area contributed by atoms with Crippen LogP contribution in [0.3, 0.4) is 0 Å². The van der Waals surface area contributed by atoms with Gasteiger partial charge in [-0.2, -0.15) is 0 Å². The van der Waals surface area contributed by atoms with E-state index in [2.05, 4.69) is 0 Å². The maximum absolute atomic E-state index is 12.0. The van der Waals surface area contributed by atoms with E-state index in [-0.39, 0.29) is 6.04 Å². The van der Waals surface area contributed by atoms with Crippen LogP contribution in [0.15, 0.2) is 23.1 Å². The molecule has 2 atom stereocenters. The summed E-state index contributed by atoms with van der Waals surface area (Å²) in [6.45, 7) is 4.02. The molecule has 2 N–H and O–H groups in total. The maximum Gasteiger partial charge on any atom is 0.0604 e. The van der Waals surface area contributed by atoms with Crippen LogP contribution in [0, 0.1) is 5.92 Å². The van der Waals surface area contributed by atoms with Crippen molar-refractivity contribution in [3.8, 4) is 0 Å².